The van der Waals surface area contributed by atoms with Crippen LogP contribution in [0, 0.1) is 6.92 Å². The SMILES string of the molecule is Cc1cnn(-c2ccc(Cl)cc2Cl)c1C=O. The summed E-state index contributed by atoms with van der Waals surface area (Å²) in [5, 5.41) is 5.11. The van der Waals surface area contributed by atoms with Gasteiger partial charge >= 0.3 is 0 Å². The number of carbonyl (C=O) groups is 1. The molecule has 0 amide bonds. The molecule has 1 heterocycles. The first-order chi connectivity index (χ1) is 7.63. The van der Waals surface area contributed by atoms with Crippen molar-refractivity contribution in [2.24, 2.45) is 0 Å². The largest absolute Gasteiger partial charge is 0.296 e. The highest BCUT2D eigenvalue weighted by Gasteiger charge is 2.11. The normalized spacial score (nSPS) is 10.4. The van der Waals surface area contributed by atoms with Crippen LogP contribution in [0.5, 0.6) is 0 Å². The van der Waals surface area contributed by atoms with Crippen molar-refractivity contribution in [2.75, 3.05) is 0 Å². The highest BCUT2D eigenvalue weighted by atomic mass is 35.5. The van der Waals surface area contributed by atoms with Crippen molar-refractivity contribution in [2.45, 2.75) is 6.92 Å². The molecule has 0 aliphatic rings. The van der Waals surface area contributed by atoms with Crippen LogP contribution in [-0.2, 0) is 0 Å². The topological polar surface area (TPSA) is 34.9 Å². The molecule has 0 fully saturated rings. The Balaban J connectivity index is 2.63. The predicted octanol–water partition coefficient (Wildman–Crippen LogP) is 3.30. The zero-order valence-electron chi connectivity index (χ0n) is 8.45. The van der Waals surface area contributed by atoms with Gasteiger partial charge in [-0.05, 0) is 30.7 Å². The first kappa shape index (κ1) is 11.2. The lowest BCUT2D eigenvalue weighted by atomic mass is 10.2. The minimum Gasteiger partial charge on any atom is -0.296 e. The number of aryl methyl sites for hydroxylation is 1. The Morgan fingerprint density at radius 3 is 2.75 bits per heavy atom. The summed E-state index contributed by atoms with van der Waals surface area (Å²) < 4.78 is 1.50. The predicted molar refractivity (Wildman–Crippen MR) is 63.7 cm³/mol. The fourth-order valence-corrected chi connectivity index (χ4v) is 1.92. The molecule has 1 aromatic carbocycles. The molecular weight excluding hydrogens is 247 g/mol. The van der Waals surface area contributed by atoms with Crippen LogP contribution in [0.4, 0.5) is 0 Å². The summed E-state index contributed by atoms with van der Waals surface area (Å²) in [5.41, 5.74) is 1.94. The van der Waals surface area contributed by atoms with Crippen LogP contribution in [-0.4, -0.2) is 16.1 Å². The Bertz CT molecular complexity index is 549. The van der Waals surface area contributed by atoms with E-state index < -0.39 is 0 Å². The summed E-state index contributed by atoms with van der Waals surface area (Å²) in [4.78, 5) is 10.9. The molecule has 5 heteroatoms. The second-order valence-electron chi connectivity index (χ2n) is 3.34. The molecule has 2 aromatic rings. The number of hydrogen-bond acceptors (Lipinski definition) is 2. The van der Waals surface area contributed by atoms with Gasteiger partial charge in [0.2, 0.25) is 0 Å². The maximum atomic E-state index is 10.9. The van der Waals surface area contributed by atoms with Crippen molar-refractivity contribution in [1.82, 2.24) is 9.78 Å². The van der Waals surface area contributed by atoms with Gasteiger partial charge in [-0.2, -0.15) is 5.10 Å². The van der Waals surface area contributed by atoms with Gasteiger partial charge in [0, 0.05) is 5.02 Å². The Labute approximate surface area is 103 Å². The third-order valence-electron chi connectivity index (χ3n) is 2.25. The van der Waals surface area contributed by atoms with Crippen LogP contribution in [0.15, 0.2) is 24.4 Å². The minimum absolute atomic E-state index is 0.457. The summed E-state index contributed by atoms with van der Waals surface area (Å²) in [6.45, 7) is 1.82. The molecular formula is C11H8Cl2N2O. The van der Waals surface area contributed by atoms with Crippen molar-refractivity contribution in [1.29, 1.82) is 0 Å². The van der Waals surface area contributed by atoms with Crippen LogP contribution in [0.2, 0.25) is 10.0 Å². The molecule has 1 aromatic heterocycles. The van der Waals surface area contributed by atoms with Gasteiger partial charge in [-0.25, -0.2) is 4.68 Å². The van der Waals surface area contributed by atoms with E-state index >= 15 is 0 Å². The molecule has 0 N–H and O–H groups in total. The Hall–Kier alpha value is -1.32. The summed E-state index contributed by atoms with van der Waals surface area (Å²) in [7, 11) is 0. The first-order valence-corrected chi connectivity index (χ1v) is 5.34. The van der Waals surface area contributed by atoms with E-state index in [2.05, 4.69) is 5.10 Å². The van der Waals surface area contributed by atoms with Crippen LogP contribution < -0.4 is 0 Å². The molecule has 3 nitrogen and oxygen atoms in total. The number of rotatable bonds is 2. The van der Waals surface area contributed by atoms with Crippen molar-refractivity contribution >= 4 is 29.5 Å². The van der Waals surface area contributed by atoms with E-state index in [4.69, 9.17) is 23.2 Å². The second kappa shape index (κ2) is 4.28. The molecule has 0 saturated carbocycles. The second-order valence-corrected chi connectivity index (χ2v) is 4.18. The third-order valence-corrected chi connectivity index (χ3v) is 2.79. The Morgan fingerprint density at radius 1 is 1.38 bits per heavy atom. The lowest BCUT2D eigenvalue weighted by molar-refractivity contribution is 0.111. The maximum Gasteiger partial charge on any atom is 0.168 e. The fourth-order valence-electron chi connectivity index (χ4n) is 1.43. The van der Waals surface area contributed by atoms with E-state index in [9.17, 15) is 4.79 Å². The average molecular weight is 255 g/mol. The van der Waals surface area contributed by atoms with E-state index in [1.807, 2.05) is 6.92 Å². The van der Waals surface area contributed by atoms with Gasteiger partial charge in [0.25, 0.3) is 0 Å². The molecule has 2 rings (SSSR count). The quantitative estimate of drug-likeness (QED) is 0.771. The van der Waals surface area contributed by atoms with Gasteiger partial charge in [-0.1, -0.05) is 23.2 Å². The Morgan fingerprint density at radius 2 is 2.12 bits per heavy atom. The number of aromatic nitrogens is 2. The summed E-state index contributed by atoms with van der Waals surface area (Å²) in [5.74, 6) is 0. The van der Waals surface area contributed by atoms with Gasteiger partial charge in [-0.15, -0.1) is 0 Å². The molecule has 0 aliphatic carbocycles. The number of nitrogens with zero attached hydrogens (tertiary/aromatic N) is 2. The molecule has 0 unspecified atom stereocenters. The van der Waals surface area contributed by atoms with E-state index in [-0.39, 0.29) is 0 Å². The van der Waals surface area contributed by atoms with Crippen LogP contribution in [0.1, 0.15) is 16.1 Å². The van der Waals surface area contributed by atoms with Gasteiger partial charge in [0.05, 0.1) is 16.9 Å². The van der Waals surface area contributed by atoms with Crippen molar-refractivity contribution in [3.63, 3.8) is 0 Å². The van der Waals surface area contributed by atoms with Gasteiger partial charge < -0.3 is 0 Å². The van der Waals surface area contributed by atoms with Crippen LogP contribution in [0.25, 0.3) is 5.69 Å². The van der Waals surface area contributed by atoms with Crippen molar-refractivity contribution < 1.29 is 4.79 Å². The Kier molecular flexibility index (Phi) is 2.99. The van der Waals surface area contributed by atoms with Crippen LogP contribution >= 0.6 is 23.2 Å². The van der Waals surface area contributed by atoms with Crippen molar-refractivity contribution in [3.05, 3.63) is 45.7 Å². The molecule has 0 atom stereocenters. The summed E-state index contributed by atoms with van der Waals surface area (Å²) >= 11 is 11.8. The van der Waals surface area contributed by atoms with E-state index in [1.165, 1.54) is 4.68 Å². The number of carbonyl (C=O) groups excluding carboxylic acids is 1. The monoisotopic (exact) mass is 254 g/mol. The molecule has 0 radical (unpaired) electrons. The van der Waals surface area contributed by atoms with Gasteiger partial charge in [0.1, 0.15) is 5.69 Å². The fraction of sp³-hybridized carbons (Fsp3) is 0.0909. The third kappa shape index (κ3) is 1.84. The zero-order valence-corrected chi connectivity index (χ0v) is 9.96. The molecule has 82 valence electrons. The number of hydrogen-bond donors (Lipinski definition) is 0. The lowest BCUT2D eigenvalue weighted by Crippen LogP contribution is -2.02. The van der Waals surface area contributed by atoms with E-state index in [0.717, 1.165) is 11.8 Å². The number of halogens is 2. The molecule has 0 saturated heterocycles. The molecule has 0 aliphatic heterocycles. The molecule has 16 heavy (non-hydrogen) atoms. The van der Waals surface area contributed by atoms with E-state index in [1.54, 1.807) is 24.4 Å². The first-order valence-electron chi connectivity index (χ1n) is 4.58. The standard InChI is InChI=1S/C11H8Cl2N2O/c1-7-5-14-15(11(7)6-16)10-3-2-8(12)4-9(10)13/h2-6H,1H3. The highest BCUT2D eigenvalue weighted by molar-refractivity contribution is 6.35. The maximum absolute atomic E-state index is 10.9. The number of benzene rings is 1. The highest BCUT2D eigenvalue weighted by Crippen LogP contribution is 2.25. The van der Waals surface area contributed by atoms with Gasteiger partial charge in [-0.3, -0.25) is 4.79 Å². The van der Waals surface area contributed by atoms with Crippen molar-refractivity contribution in [3.8, 4) is 5.69 Å². The van der Waals surface area contributed by atoms with Crippen LogP contribution in [0.3, 0.4) is 0 Å². The minimum atomic E-state index is 0.457. The average Bonchev–Trinajstić information content (AvgIpc) is 2.59. The number of aldehydes is 1. The summed E-state index contributed by atoms with van der Waals surface area (Å²) in [6, 6.07) is 5.04. The molecule has 0 spiro atoms. The smallest absolute Gasteiger partial charge is 0.168 e. The lowest BCUT2D eigenvalue weighted by Gasteiger charge is -2.06. The molecule has 0 bridgehead atoms. The summed E-state index contributed by atoms with van der Waals surface area (Å²) in [6.07, 6.45) is 2.38. The van der Waals surface area contributed by atoms with E-state index in [0.29, 0.717) is 21.4 Å². The zero-order chi connectivity index (χ0) is 11.7. The van der Waals surface area contributed by atoms with Gasteiger partial charge in [0.15, 0.2) is 6.29 Å².